The van der Waals surface area contributed by atoms with Crippen LogP contribution in [-0.2, 0) is 6.54 Å². The van der Waals surface area contributed by atoms with E-state index in [1.165, 1.54) is 12.1 Å². The van der Waals surface area contributed by atoms with Crippen molar-refractivity contribution in [2.45, 2.75) is 26.4 Å². The Morgan fingerprint density at radius 3 is 2.90 bits per heavy atom. The van der Waals surface area contributed by atoms with Gasteiger partial charge in [-0.25, -0.2) is 0 Å². The first-order valence-corrected chi connectivity index (χ1v) is 7.47. The van der Waals surface area contributed by atoms with Crippen molar-refractivity contribution in [3.05, 3.63) is 35.4 Å². The topological polar surface area (TPSA) is 32.5 Å². The van der Waals surface area contributed by atoms with Gasteiger partial charge in [0, 0.05) is 37.8 Å². The molecule has 20 heavy (non-hydrogen) atoms. The molecule has 1 aromatic rings. The first kappa shape index (κ1) is 15.1. The Balaban J connectivity index is 1.97. The van der Waals surface area contributed by atoms with E-state index in [0.29, 0.717) is 12.6 Å². The maximum atomic E-state index is 5.42. The number of nitrogens with zero attached hydrogens (tertiary/aromatic N) is 2. The van der Waals surface area contributed by atoms with Crippen LogP contribution in [0.5, 0.6) is 0 Å². The summed E-state index contributed by atoms with van der Waals surface area (Å²) in [5, 5.41) is 0. The molecule has 1 fully saturated rings. The van der Waals surface area contributed by atoms with Crippen molar-refractivity contribution in [2.24, 2.45) is 5.73 Å². The number of benzene rings is 1. The standard InChI is InChI=1S/C17H25N3/c1-3-20-11-10-19(13-15(20)2)14-17-7-4-6-16(12-17)8-5-9-18/h4,6-7,12,15H,3,9-11,13-14,18H2,1-2H3. The molecular weight excluding hydrogens is 246 g/mol. The summed E-state index contributed by atoms with van der Waals surface area (Å²) in [5.41, 5.74) is 7.82. The monoisotopic (exact) mass is 271 g/mol. The van der Waals surface area contributed by atoms with Gasteiger partial charge < -0.3 is 5.73 Å². The van der Waals surface area contributed by atoms with E-state index in [4.69, 9.17) is 5.73 Å². The fraction of sp³-hybridized carbons (Fsp3) is 0.529. The minimum absolute atomic E-state index is 0.417. The highest BCUT2D eigenvalue weighted by molar-refractivity contribution is 5.37. The Kier molecular flexibility index (Phi) is 5.60. The Hall–Kier alpha value is -1.34. The second-order valence-corrected chi connectivity index (χ2v) is 5.42. The van der Waals surface area contributed by atoms with Gasteiger partial charge in [0.25, 0.3) is 0 Å². The number of hydrogen-bond donors (Lipinski definition) is 1. The highest BCUT2D eigenvalue weighted by Gasteiger charge is 2.21. The Morgan fingerprint density at radius 2 is 2.20 bits per heavy atom. The van der Waals surface area contributed by atoms with Gasteiger partial charge in [0.1, 0.15) is 0 Å². The quantitative estimate of drug-likeness (QED) is 0.846. The summed E-state index contributed by atoms with van der Waals surface area (Å²) in [6.07, 6.45) is 0. The molecule has 0 bridgehead atoms. The van der Waals surface area contributed by atoms with Crippen LogP contribution in [-0.4, -0.2) is 48.6 Å². The van der Waals surface area contributed by atoms with Gasteiger partial charge in [0.05, 0.1) is 6.54 Å². The van der Waals surface area contributed by atoms with Gasteiger partial charge in [0.2, 0.25) is 0 Å². The van der Waals surface area contributed by atoms with E-state index in [2.05, 4.69) is 53.7 Å². The minimum atomic E-state index is 0.417. The van der Waals surface area contributed by atoms with Gasteiger partial charge >= 0.3 is 0 Å². The van der Waals surface area contributed by atoms with Crippen molar-refractivity contribution in [1.82, 2.24) is 9.80 Å². The molecule has 1 aliphatic rings. The molecule has 1 heterocycles. The van der Waals surface area contributed by atoms with Crippen molar-refractivity contribution >= 4 is 0 Å². The van der Waals surface area contributed by atoms with Crippen molar-refractivity contribution in [3.8, 4) is 11.8 Å². The summed E-state index contributed by atoms with van der Waals surface area (Å²) in [4.78, 5) is 5.08. The Morgan fingerprint density at radius 1 is 1.35 bits per heavy atom. The molecule has 0 amide bonds. The van der Waals surface area contributed by atoms with Crippen LogP contribution in [0.1, 0.15) is 25.0 Å². The Labute approximate surface area is 122 Å². The number of nitrogens with two attached hydrogens (primary N) is 1. The maximum Gasteiger partial charge on any atom is 0.0555 e. The van der Waals surface area contributed by atoms with Crippen LogP contribution >= 0.6 is 0 Å². The lowest BCUT2D eigenvalue weighted by atomic mass is 10.1. The molecule has 1 unspecified atom stereocenters. The van der Waals surface area contributed by atoms with Gasteiger partial charge in [0.15, 0.2) is 0 Å². The lowest BCUT2D eigenvalue weighted by Crippen LogP contribution is -2.51. The number of hydrogen-bond acceptors (Lipinski definition) is 3. The Bertz CT molecular complexity index is 486. The maximum absolute atomic E-state index is 5.42. The largest absolute Gasteiger partial charge is 0.320 e. The zero-order valence-electron chi connectivity index (χ0n) is 12.6. The van der Waals surface area contributed by atoms with Crippen LogP contribution in [0, 0.1) is 11.8 Å². The zero-order valence-corrected chi connectivity index (χ0v) is 12.6. The molecule has 1 saturated heterocycles. The molecule has 3 heteroatoms. The molecule has 1 atom stereocenters. The third kappa shape index (κ3) is 4.08. The van der Waals surface area contributed by atoms with Crippen LogP contribution in [0.15, 0.2) is 24.3 Å². The molecule has 0 saturated carbocycles. The summed E-state index contributed by atoms with van der Waals surface area (Å²) in [6, 6.07) is 9.14. The first-order valence-electron chi connectivity index (χ1n) is 7.47. The van der Waals surface area contributed by atoms with Gasteiger partial charge in [-0.2, -0.15) is 0 Å². The van der Waals surface area contributed by atoms with E-state index in [0.717, 1.165) is 31.7 Å². The molecule has 1 aromatic carbocycles. The molecule has 0 radical (unpaired) electrons. The number of likely N-dealkylation sites (N-methyl/N-ethyl adjacent to an activating group) is 1. The minimum Gasteiger partial charge on any atom is -0.320 e. The lowest BCUT2D eigenvalue weighted by molar-refractivity contribution is 0.0834. The summed E-state index contributed by atoms with van der Waals surface area (Å²) in [6.45, 7) is 10.6. The van der Waals surface area contributed by atoms with Gasteiger partial charge in [-0.05, 0) is 31.2 Å². The average Bonchev–Trinajstić information content (AvgIpc) is 2.46. The SMILES string of the molecule is CCN1CCN(Cc2cccc(C#CCN)c2)CC1C. The summed E-state index contributed by atoms with van der Waals surface area (Å²) >= 11 is 0. The molecule has 1 aliphatic heterocycles. The van der Waals surface area contributed by atoms with Crippen LogP contribution in [0.25, 0.3) is 0 Å². The summed E-state index contributed by atoms with van der Waals surface area (Å²) < 4.78 is 0. The summed E-state index contributed by atoms with van der Waals surface area (Å²) in [5.74, 6) is 6.02. The predicted octanol–water partition coefficient (Wildman–Crippen LogP) is 1.52. The third-order valence-electron chi connectivity index (χ3n) is 3.92. The van der Waals surface area contributed by atoms with Crippen molar-refractivity contribution in [3.63, 3.8) is 0 Å². The van der Waals surface area contributed by atoms with Crippen LogP contribution < -0.4 is 5.73 Å². The zero-order chi connectivity index (χ0) is 14.4. The fourth-order valence-electron chi connectivity index (χ4n) is 2.84. The summed E-state index contributed by atoms with van der Waals surface area (Å²) in [7, 11) is 0. The number of rotatable bonds is 3. The van der Waals surface area contributed by atoms with Gasteiger partial charge in [-0.1, -0.05) is 30.9 Å². The molecule has 2 rings (SSSR count). The van der Waals surface area contributed by atoms with E-state index in [1.54, 1.807) is 0 Å². The molecule has 2 N–H and O–H groups in total. The van der Waals surface area contributed by atoms with Crippen LogP contribution in [0.4, 0.5) is 0 Å². The van der Waals surface area contributed by atoms with Crippen molar-refractivity contribution in [2.75, 3.05) is 32.7 Å². The second kappa shape index (κ2) is 7.44. The predicted molar refractivity (Wildman–Crippen MR) is 84.4 cm³/mol. The lowest BCUT2D eigenvalue weighted by Gasteiger charge is -2.39. The van der Waals surface area contributed by atoms with Crippen molar-refractivity contribution in [1.29, 1.82) is 0 Å². The molecule has 0 aliphatic carbocycles. The average molecular weight is 271 g/mol. The van der Waals surface area contributed by atoms with Crippen molar-refractivity contribution < 1.29 is 0 Å². The third-order valence-corrected chi connectivity index (χ3v) is 3.92. The van der Waals surface area contributed by atoms with E-state index in [-0.39, 0.29) is 0 Å². The second-order valence-electron chi connectivity index (χ2n) is 5.42. The molecule has 0 aromatic heterocycles. The van der Waals surface area contributed by atoms with Crippen LogP contribution in [0.3, 0.4) is 0 Å². The van der Waals surface area contributed by atoms with Gasteiger partial charge in [-0.15, -0.1) is 0 Å². The van der Waals surface area contributed by atoms with E-state index < -0.39 is 0 Å². The van der Waals surface area contributed by atoms with E-state index in [9.17, 15) is 0 Å². The highest BCUT2D eigenvalue weighted by Crippen LogP contribution is 2.13. The van der Waals surface area contributed by atoms with Gasteiger partial charge in [-0.3, -0.25) is 9.80 Å². The fourth-order valence-corrected chi connectivity index (χ4v) is 2.84. The molecule has 0 spiro atoms. The van der Waals surface area contributed by atoms with Crippen LogP contribution in [0.2, 0.25) is 0 Å². The smallest absolute Gasteiger partial charge is 0.0555 e. The highest BCUT2D eigenvalue weighted by atomic mass is 15.3. The molecule has 108 valence electrons. The van der Waals surface area contributed by atoms with E-state index in [1.807, 2.05) is 6.07 Å². The van der Waals surface area contributed by atoms with E-state index >= 15 is 0 Å². The molecular formula is C17H25N3. The first-order chi connectivity index (χ1) is 9.72. The normalized spacial score (nSPS) is 20.4. The molecule has 3 nitrogen and oxygen atoms in total. The number of piperazine rings is 1.